The fraction of sp³-hybridized carbons (Fsp3) is 0.269. The Morgan fingerprint density at radius 3 is 2.34 bits per heavy atom. The van der Waals surface area contributed by atoms with Crippen molar-refractivity contribution in [1.29, 1.82) is 0 Å². The number of nitrogens with two attached hydrogens (primary N) is 1. The summed E-state index contributed by atoms with van der Waals surface area (Å²) >= 11 is 0. The average molecular weight is 478 g/mol. The lowest BCUT2D eigenvalue weighted by molar-refractivity contribution is 0.0134. The molecule has 0 aliphatic heterocycles. The molecule has 2 atom stereocenters. The summed E-state index contributed by atoms with van der Waals surface area (Å²) < 4.78 is 10.1. The maximum Gasteiger partial charge on any atom is 0.407 e. The molecule has 3 aromatic rings. The molecule has 1 aliphatic rings. The molecular formula is C26H27N3O6. The molecule has 9 heteroatoms. The van der Waals surface area contributed by atoms with Gasteiger partial charge in [-0.15, -0.1) is 0 Å². The number of carbonyl (C=O) groups is 2. The smallest absolute Gasteiger partial charge is 0.407 e. The molecule has 5 N–H and O–H groups in total. The summed E-state index contributed by atoms with van der Waals surface area (Å²) in [7, 11) is 1.20. The second-order valence-corrected chi connectivity index (χ2v) is 8.25. The third kappa shape index (κ3) is 5.11. The van der Waals surface area contributed by atoms with Gasteiger partial charge in [0.1, 0.15) is 24.1 Å². The van der Waals surface area contributed by atoms with E-state index in [1.807, 2.05) is 36.4 Å². The Kier molecular flexibility index (Phi) is 7.28. The number of nitrogen functional groups attached to an aromatic ring is 1. The number of hydrogen-bond acceptors (Lipinski definition) is 8. The Morgan fingerprint density at radius 1 is 1.09 bits per heavy atom. The number of aliphatic hydroxyl groups excluding tert-OH is 2. The first-order valence-electron chi connectivity index (χ1n) is 11.2. The maximum atomic E-state index is 12.3. The molecular weight excluding hydrogens is 450 g/mol. The van der Waals surface area contributed by atoms with Gasteiger partial charge >= 0.3 is 12.1 Å². The summed E-state index contributed by atoms with van der Waals surface area (Å²) in [6, 6.07) is 17.4. The number of pyridine rings is 1. The van der Waals surface area contributed by atoms with E-state index in [0.717, 1.165) is 22.3 Å². The number of benzene rings is 2. The van der Waals surface area contributed by atoms with Gasteiger partial charge in [0, 0.05) is 24.2 Å². The fourth-order valence-electron chi connectivity index (χ4n) is 4.28. The number of aromatic nitrogens is 1. The first-order chi connectivity index (χ1) is 16.9. The van der Waals surface area contributed by atoms with Crippen LogP contribution in [0.4, 0.5) is 10.6 Å². The average Bonchev–Trinajstić information content (AvgIpc) is 3.20. The van der Waals surface area contributed by atoms with E-state index in [4.69, 9.17) is 10.5 Å². The van der Waals surface area contributed by atoms with E-state index in [-0.39, 0.29) is 42.4 Å². The second-order valence-electron chi connectivity index (χ2n) is 8.25. The van der Waals surface area contributed by atoms with Gasteiger partial charge < -0.3 is 30.7 Å². The van der Waals surface area contributed by atoms with Crippen molar-refractivity contribution in [2.45, 2.75) is 24.5 Å². The highest BCUT2D eigenvalue weighted by molar-refractivity contribution is 5.94. The van der Waals surface area contributed by atoms with Gasteiger partial charge in [0.05, 0.1) is 13.2 Å². The number of nitrogens with zero attached hydrogens (tertiary/aromatic N) is 1. The van der Waals surface area contributed by atoms with Gasteiger partial charge in [0.25, 0.3) is 0 Å². The molecule has 0 radical (unpaired) electrons. The lowest BCUT2D eigenvalue weighted by atomic mass is 9.98. The van der Waals surface area contributed by atoms with Crippen molar-refractivity contribution < 1.29 is 29.3 Å². The third-order valence-electron chi connectivity index (χ3n) is 6.10. The summed E-state index contributed by atoms with van der Waals surface area (Å²) in [5.41, 5.74) is 10.4. The predicted octanol–water partition coefficient (Wildman–Crippen LogP) is 2.77. The number of rotatable bonds is 8. The summed E-state index contributed by atoms with van der Waals surface area (Å²) in [5, 5.41) is 23.4. The van der Waals surface area contributed by atoms with E-state index < -0.39 is 24.3 Å². The molecule has 2 aromatic carbocycles. The number of amides is 1. The zero-order valence-electron chi connectivity index (χ0n) is 19.2. The van der Waals surface area contributed by atoms with Gasteiger partial charge in [0.15, 0.2) is 0 Å². The third-order valence-corrected chi connectivity index (χ3v) is 6.10. The molecule has 4 rings (SSSR count). The van der Waals surface area contributed by atoms with Crippen LogP contribution in [0.25, 0.3) is 11.1 Å². The van der Waals surface area contributed by atoms with Gasteiger partial charge in [-0.3, -0.25) is 0 Å². The molecule has 0 bridgehead atoms. The summed E-state index contributed by atoms with van der Waals surface area (Å²) in [4.78, 5) is 27.9. The van der Waals surface area contributed by atoms with Crippen molar-refractivity contribution in [3.8, 4) is 11.1 Å². The van der Waals surface area contributed by atoms with E-state index in [0.29, 0.717) is 0 Å². The van der Waals surface area contributed by atoms with E-state index in [2.05, 4.69) is 27.2 Å². The van der Waals surface area contributed by atoms with Crippen LogP contribution >= 0.6 is 0 Å². The van der Waals surface area contributed by atoms with Crippen molar-refractivity contribution in [2.75, 3.05) is 26.0 Å². The largest absolute Gasteiger partial charge is 0.465 e. The van der Waals surface area contributed by atoms with E-state index in [1.54, 1.807) is 0 Å². The molecule has 1 aromatic heterocycles. The highest BCUT2D eigenvalue weighted by Crippen LogP contribution is 2.44. The number of esters is 1. The zero-order chi connectivity index (χ0) is 24.9. The minimum Gasteiger partial charge on any atom is -0.465 e. The van der Waals surface area contributed by atoms with Crippen molar-refractivity contribution in [2.24, 2.45) is 0 Å². The Morgan fingerprint density at radius 2 is 1.71 bits per heavy atom. The molecule has 1 amide bonds. The number of alkyl carbamates (subject to hydrolysis) is 1. The van der Waals surface area contributed by atoms with Crippen LogP contribution in [0.1, 0.15) is 45.5 Å². The normalized spacial score (nSPS) is 13.9. The first kappa shape index (κ1) is 24.2. The topological polar surface area (TPSA) is 144 Å². The number of nitrogens with one attached hydrogen (secondary N) is 1. The Bertz CT molecular complexity index is 1190. The minimum absolute atomic E-state index is 0.00647. The van der Waals surface area contributed by atoms with Crippen LogP contribution in [0, 0.1) is 0 Å². The van der Waals surface area contributed by atoms with Crippen LogP contribution in [0.2, 0.25) is 0 Å². The summed E-state index contributed by atoms with van der Waals surface area (Å²) in [6.07, 6.45) is -1.86. The number of anilines is 1. The van der Waals surface area contributed by atoms with Gasteiger partial charge in [-0.2, -0.15) is 0 Å². The number of ether oxygens (including phenoxy) is 2. The number of carbonyl (C=O) groups excluding carboxylic acids is 2. The van der Waals surface area contributed by atoms with Crippen LogP contribution in [-0.2, 0) is 9.47 Å². The molecule has 9 nitrogen and oxygen atoms in total. The van der Waals surface area contributed by atoms with Crippen molar-refractivity contribution >= 4 is 17.9 Å². The lowest BCUT2D eigenvalue weighted by Gasteiger charge is -2.19. The molecule has 0 fully saturated rings. The number of hydrogen-bond donors (Lipinski definition) is 4. The second kappa shape index (κ2) is 10.5. The van der Waals surface area contributed by atoms with Crippen LogP contribution < -0.4 is 11.1 Å². The molecule has 35 heavy (non-hydrogen) atoms. The van der Waals surface area contributed by atoms with Crippen molar-refractivity contribution in [3.63, 3.8) is 0 Å². The van der Waals surface area contributed by atoms with Gasteiger partial charge in [-0.05, 0) is 34.7 Å². The van der Waals surface area contributed by atoms with Gasteiger partial charge in [-0.1, -0.05) is 48.5 Å². The monoisotopic (exact) mass is 477 g/mol. The van der Waals surface area contributed by atoms with Crippen molar-refractivity contribution in [1.82, 2.24) is 10.3 Å². The van der Waals surface area contributed by atoms with Crippen LogP contribution in [0.3, 0.4) is 0 Å². The Balaban J connectivity index is 1.29. The zero-order valence-corrected chi connectivity index (χ0v) is 19.2. The number of methoxy groups -OCH3 is 1. The fourth-order valence-corrected chi connectivity index (χ4v) is 4.28. The number of fused-ring (bicyclic) bond motifs is 3. The van der Waals surface area contributed by atoms with Crippen molar-refractivity contribution in [3.05, 3.63) is 83.0 Å². The van der Waals surface area contributed by atoms with E-state index >= 15 is 0 Å². The van der Waals surface area contributed by atoms with Gasteiger partial charge in [-0.25, -0.2) is 14.6 Å². The molecule has 1 aliphatic carbocycles. The molecule has 0 saturated carbocycles. The number of aliphatic hydroxyl groups is 2. The van der Waals surface area contributed by atoms with E-state index in [9.17, 15) is 19.8 Å². The Hall–Kier alpha value is -3.95. The van der Waals surface area contributed by atoms with Gasteiger partial charge in [0.2, 0.25) is 0 Å². The standard InChI is InChI=1S/C26H27N3O6/c1-34-25(32)20-12-15(13-29-24(20)27)23(31)22(30)10-11-28-26(33)35-14-21-18-8-4-2-6-16(18)17-7-3-5-9-19(17)21/h2-9,12-13,21-23,30-31H,10-11,14H2,1H3,(H2,27,29)(H,28,33). The van der Waals surface area contributed by atoms with E-state index in [1.165, 1.54) is 19.4 Å². The van der Waals surface area contributed by atoms with Crippen LogP contribution in [0.15, 0.2) is 60.8 Å². The summed E-state index contributed by atoms with van der Waals surface area (Å²) in [6.45, 7) is 0.250. The molecule has 2 unspecified atom stereocenters. The Labute approximate surface area is 202 Å². The SMILES string of the molecule is COC(=O)c1cc(C(O)C(O)CCNC(=O)OCC2c3ccccc3-c3ccccc32)cnc1N. The first-order valence-corrected chi connectivity index (χ1v) is 11.2. The summed E-state index contributed by atoms with van der Waals surface area (Å²) in [5.74, 6) is -0.794. The van der Waals surface area contributed by atoms with Crippen LogP contribution in [0.5, 0.6) is 0 Å². The molecule has 0 saturated heterocycles. The lowest BCUT2D eigenvalue weighted by Crippen LogP contribution is -2.30. The molecule has 0 spiro atoms. The molecule has 1 heterocycles. The quantitative estimate of drug-likeness (QED) is 0.363. The van der Waals surface area contributed by atoms with Crippen LogP contribution in [-0.4, -0.2) is 53.6 Å². The highest BCUT2D eigenvalue weighted by atomic mass is 16.5. The molecule has 182 valence electrons. The predicted molar refractivity (Wildman–Crippen MR) is 129 cm³/mol. The highest BCUT2D eigenvalue weighted by Gasteiger charge is 2.29. The minimum atomic E-state index is -1.34. The maximum absolute atomic E-state index is 12.3.